The minimum atomic E-state index is -0.921. The van der Waals surface area contributed by atoms with Gasteiger partial charge in [-0.25, -0.2) is 4.79 Å². The van der Waals surface area contributed by atoms with E-state index in [9.17, 15) is 4.79 Å². The van der Waals surface area contributed by atoms with Gasteiger partial charge in [0.2, 0.25) is 0 Å². The number of hydrogen-bond donors (Lipinski definition) is 2. The fourth-order valence-corrected chi connectivity index (χ4v) is 1.25. The van der Waals surface area contributed by atoms with Crippen molar-refractivity contribution in [1.29, 1.82) is 0 Å². The van der Waals surface area contributed by atoms with Crippen molar-refractivity contribution >= 4 is 17.2 Å². The Hall–Kier alpha value is -1.77. The van der Waals surface area contributed by atoms with Crippen LogP contribution in [0.3, 0.4) is 0 Å². The second-order valence-corrected chi connectivity index (χ2v) is 3.10. The van der Waals surface area contributed by atoms with Gasteiger partial charge in [-0.3, -0.25) is 0 Å². The minimum absolute atomic E-state index is 0.280. The van der Waals surface area contributed by atoms with Crippen molar-refractivity contribution in [3.63, 3.8) is 0 Å². The van der Waals surface area contributed by atoms with Crippen molar-refractivity contribution < 1.29 is 9.90 Å². The highest BCUT2D eigenvalue weighted by Gasteiger charge is 2.07. The number of allylic oxidation sites excluding steroid dienone is 1. The van der Waals surface area contributed by atoms with Gasteiger partial charge in [-0.1, -0.05) is 6.58 Å². The molecule has 2 N–H and O–H groups in total. The Labute approximate surface area is 83.1 Å². The van der Waals surface area contributed by atoms with E-state index in [1.807, 2.05) is 6.92 Å². The number of nitrogens with one attached hydrogen (secondary N) is 1. The Morgan fingerprint density at radius 3 is 2.57 bits per heavy atom. The first kappa shape index (κ1) is 10.3. The third kappa shape index (κ3) is 1.93. The van der Waals surface area contributed by atoms with E-state index in [0.29, 0.717) is 0 Å². The molecule has 74 valence electrons. The first-order valence-electron chi connectivity index (χ1n) is 4.27. The number of rotatable bonds is 3. The summed E-state index contributed by atoms with van der Waals surface area (Å²) >= 11 is 0. The van der Waals surface area contributed by atoms with Crippen LogP contribution in [0.5, 0.6) is 0 Å². The highest BCUT2D eigenvalue weighted by Crippen LogP contribution is 2.23. The molecule has 0 aliphatic rings. The molecular weight excluding hydrogens is 178 g/mol. The van der Waals surface area contributed by atoms with Gasteiger partial charge in [-0.2, -0.15) is 0 Å². The first-order valence-corrected chi connectivity index (χ1v) is 4.27. The molecule has 0 aliphatic carbocycles. The van der Waals surface area contributed by atoms with Gasteiger partial charge in [0.15, 0.2) is 0 Å². The van der Waals surface area contributed by atoms with Crippen LogP contribution in [0.15, 0.2) is 24.8 Å². The third-order valence-corrected chi connectivity index (χ3v) is 2.00. The van der Waals surface area contributed by atoms with Crippen LogP contribution < -0.4 is 5.32 Å². The molecule has 0 bridgehead atoms. The number of carboxylic acids is 1. The van der Waals surface area contributed by atoms with Gasteiger partial charge in [0.05, 0.1) is 5.56 Å². The van der Waals surface area contributed by atoms with Crippen molar-refractivity contribution in [1.82, 2.24) is 0 Å². The molecule has 0 radical (unpaired) electrons. The maximum absolute atomic E-state index is 10.7. The summed E-state index contributed by atoms with van der Waals surface area (Å²) < 4.78 is 0. The second-order valence-electron chi connectivity index (χ2n) is 3.10. The zero-order valence-electron chi connectivity index (χ0n) is 8.29. The van der Waals surface area contributed by atoms with E-state index in [1.54, 1.807) is 25.2 Å². The summed E-state index contributed by atoms with van der Waals surface area (Å²) in [7, 11) is 1.79. The highest BCUT2D eigenvalue weighted by molar-refractivity contribution is 5.90. The molecule has 1 aromatic carbocycles. The summed E-state index contributed by atoms with van der Waals surface area (Å²) in [5, 5.41) is 11.8. The summed E-state index contributed by atoms with van der Waals surface area (Å²) in [6.07, 6.45) is 0. The normalized spacial score (nSPS) is 9.57. The molecule has 14 heavy (non-hydrogen) atoms. The first-order chi connectivity index (χ1) is 6.56. The molecule has 0 aliphatic heterocycles. The van der Waals surface area contributed by atoms with Crippen molar-refractivity contribution in [3.8, 4) is 0 Å². The largest absolute Gasteiger partial charge is 0.478 e. The molecule has 3 nitrogen and oxygen atoms in total. The zero-order chi connectivity index (χ0) is 10.7. The van der Waals surface area contributed by atoms with Gasteiger partial charge in [0.1, 0.15) is 0 Å². The lowest BCUT2D eigenvalue weighted by molar-refractivity contribution is 0.0697. The van der Waals surface area contributed by atoms with Crippen LogP contribution in [0.25, 0.3) is 5.57 Å². The van der Waals surface area contributed by atoms with E-state index in [4.69, 9.17) is 5.11 Å². The summed E-state index contributed by atoms with van der Waals surface area (Å²) in [4.78, 5) is 10.7. The minimum Gasteiger partial charge on any atom is -0.478 e. The number of benzene rings is 1. The SMILES string of the molecule is C=C(C)c1cc(C(=O)O)ccc1NC. The molecule has 0 saturated carbocycles. The van der Waals surface area contributed by atoms with E-state index >= 15 is 0 Å². The number of hydrogen-bond acceptors (Lipinski definition) is 2. The summed E-state index contributed by atoms with van der Waals surface area (Å²) in [6, 6.07) is 4.94. The lowest BCUT2D eigenvalue weighted by atomic mass is 10.0. The predicted molar refractivity (Wildman–Crippen MR) is 57.7 cm³/mol. The van der Waals surface area contributed by atoms with Gasteiger partial charge in [0, 0.05) is 18.3 Å². The second kappa shape index (κ2) is 3.96. The molecule has 0 fully saturated rings. The van der Waals surface area contributed by atoms with Crippen LogP contribution in [0.1, 0.15) is 22.8 Å². The average Bonchev–Trinajstić information content (AvgIpc) is 2.16. The molecule has 0 aromatic heterocycles. The topological polar surface area (TPSA) is 49.3 Å². The maximum Gasteiger partial charge on any atom is 0.335 e. The standard InChI is InChI=1S/C11H13NO2/c1-7(2)9-6-8(11(13)14)4-5-10(9)12-3/h4-6,12H,1H2,2-3H3,(H,13,14). The fourth-order valence-electron chi connectivity index (χ4n) is 1.25. The zero-order valence-corrected chi connectivity index (χ0v) is 8.29. The van der Waals surface area contributed by atoms with Crippen molar-refractivity contribution in [2.45, 2.75) is 6.92 Å². The van der Waals surface area contributed by atoms with Crippen LogP contribution in [-0.2, 0) is 0 Å². The molecule has 1 aromatic rings. The smallest absolute Gasteiger partial charge is 0.335 e. The summed E-state index contributed by atoms with van der Waals surface area (Å²) in [6.45, 7) is 5.65. The molecule has 0 unspecified atom stereocenters. The molecule has 0 saturated heterocycles. The molecular formula is C11H13NO2. The molecule has 1 rings (SSSR count). The number of carboxylic acid groups (broad SMARTS) is 1. The van der Waals surface area contributed by atoms with Crippen LogP contribution in [0, 0.1) is 0 Å². The van der Waals surface area contributed by atoms with Gasteiger partial charge in [-0.15, -0.1) is 0 Å². The molecule has 0 atom stereocenters. The number of aromatic carboxylic acids is 1. The molecule has 3 heteroatoms. The van der Waals surface area contributed by atoms with E-state index in [-0.39, 0.29) is 5.56 Å². The van der Waals surface area contributed by atoms with E-state index in [1.165, 1.54) is 0 Å². The van der Waals surface area contributed by atoms with Crippen LogP contribution in [0.4, 0.5) is 5.69 Å². The van der Waals surface area contributed by atoms with Gasteiger partial charge in [0.25, 0.3) is 0 Å². The van der Waals surface area contributed by atoms with Gasteiger partial charge < -0.3 is 10.4 Å². The van der Waals surface area contributed by atoms with Crippen LogP contribution in [0.2, 0.25) is 0 Å². The molecule has 0 spiro atoms. The van der Waals surface area contributed by atoms with E-state index in [0.717, 1.165) is 16.8 Å². The lowest BCUT2D eigenvalue weighted by Crippen LogP contribution is -2.00. The Morgan fingerprint density at radius 1 is 1.50 bits per heavy atom. The predicted octanol–water partition coefficient (Wildman–Crippen LogP) is 2.46. The number of anilines is 1. The van der Waals surface area contributed by atoms with E-state index in [2.05, 4.69) is 11.9 Å². The van der Waals surface area contributed by atoms with Gasteiger partial charge in [-0.05, 0) is 30.7 Å². The van der Waals surface area contributed by atoms with Crippen LogP contribution in [-0.4, -0.2) is 18.1 Å². The molecule has 0 amide bonds. The maximum atomic E-state index is 10.7. The Bertz CT molecular complexity index is 383. The average molecular weight is 191 g/mol. The monoisotopic (exact) mass is 191 g/mol. The van der Waals surface area contributed by atoms with Crippen molar-refractivity contribution in [2.24, 2.45) is 0 Å². The lowest BCUT2D eigenvalue weighted by Gasteiger charge is -2.09. The molecule has 0 heterocycles. The Morgan fingerprint density at radius 2 is 2.14 bits per heavy atom. The van der Waals surface area contributed by atoms with E-state index < -0.39 is 5.97 Å². The van der Waals surface area contributed by atoms with Crippen molar-refractivity contribution in [3.05, 3.63) is 35.9 Å². The van der Waals surface area contributed by atoms with Crippen molar-refractivity contribution in [2.75, 3.05) is 12.4 Å². The summed E-state index contributed by atoms with van der Waals surface area (Å²) in [5.41, 5.74) is 2.86. The quantitative estimate of drug-likeness (QED) is 0.771. The highest BCUT2D eigenvalue weighted by atomic mass is 16.4. The Kier molecular flexibility index (Phi) is 2.92. The number of carbonyl (C=O) groups is 1. The van der Waals surface area contributed by atoms with Gasteiger partial charge >= 0.3 is 5.97 Å². The Balaban J connectivity index is 3.27. The summed E-state index contributed by atoms with van der Waals surface area (Å²) in [5.74, 6) is -0.921. The van der Waals surface area contributed by atoms with Crippen LogP contribution >= 0.6 is 0 Å². The third-order valence-electron chi connectivity index (χ3n) is 2.00. The fraction of sp³-hybridized carbons (Fsp3) is 0.182.